The number of anilines is 1. The average molecular weight is 397 g/mol. The Morgan fingerprint density at radius 3 is 2.57 bits per heavy atom. The summed E-state index contributed by atoms with van der Waals surface area (Å²) in [6.45, 7) is 0. The van der Waals surface area contributed by atoms with Gasteiger partial charge in [-0.05, 0) is 48.0 Å². The summed E-state index contributed by atoms with van der Waals surface area (Å²) in [4.78, 5) is 17.8. The molecule has 0 aliphatic heterocycles. The number of aromatic nitrogens is 3. The average Bonchev–Trinajstić information content (AvgIpc) is 3.15. The number of nitriles is 1. The van der Waals surface area contributed by atoms with Crippen LogP contribution in [0.25, 0.3) is 22.3 Å². The summed E-state index contributed by atoms with van der Waals surface area (Å²) >= 11 is 0. The van der Waals surface area contributed by atoms with E-state index in [4.69, 9.17) is 15.0 Å². The van der Waals surface area contributed by atoms with Crippen molar-refractivity contribution < 1.29 is 9.53 Å². The van der Waals surface area contributed by atoms with Crippen LogP contribution >= 0.6 is 0 Å². The molecule has 1 amide bonds. The van der Waals surface area contributed by atoms with Crippen molar-refractivity contribution >= 4 is 22.6 Å². The molecular formula is C23H19N5O2. The predicted molar refractivity (Wildman–Crippen MR) is 114 cm³/mol. The molecule has 0 aliphatic carbocycles. The van der Waals surface area contributed by atoms with Gasteiger partial charge in [0, 0.05) is 18.3 Å². The lowest BCUT2D eigenvalue weighted by Gasteiger charge is -2.10. The van der Waals surface area contributed by atoms with Crippen molar-refractivity contribution in [1.29, 1.82) is 5.26 Å². The Hall–Kier alpha value is -4.18. The summed E-state index contributed by atoms with van der Waals surface area (Å²) in [6.07, 6.45) is 1.98. The quantitative estimate of drug-likeness (QED) is 0.550. The van der Waals surface area contributed by atoms with Gasteiger partial charge in [0.2, 0.25) is 0 Å². The van der Waals surface area contributed by atoms with E-state index in [1.165, 1.54) is 0 Å². The Morgan fingerprint density at radius 1 is 1.17 bits per heavy atom. The molecule has 2 aromatic carbocycles. The van der Waals surface area contributed by atoms with Gasteiger partial charge < -0.3 is 10.1 Å². The Bertz CT molecular complexity index is 1250. The Labute approximate surface area is 173 Å². The predicted octanol–water partition coefficient (Wildman–Crippen LogP) is 3.96. The number of fused-ring (bicyclic) bond motifs is 1. The highest BCUT2D eigenvalue weighted by atomic mass is 16.5. The Balaban J connectivity index is 1.71. The van der Waals surface area contributed by atoms with Gasteiger partial charge in [0.15, 0.2) is 5.65 Å². The van der Waals surface area contributed by atoms with Crippen LogP contribution in [0.4, 0.5) is 5.69 Å². The number of hydrogen-bond acceptors (Lipinski definition) is 5. The maximum absolute atomic E-state index is 13.1. The minimum absolute atomic E-state index is 0.252. The van der Waals surface area contributed by atoms with Crippen LogP contribution in [-0.4, -0.2) is 27.8 Å². The van der Waals surface area contributed by atoms with Gasteiger partial charge in [0.05, 0.1) is 42.4 Å². The number of methoxy groups -OCH3 is 1. The largest absolute Gasteiger partial charge is 0.497 e. The first-order valence-corrected chi connectivity index (χ1v) is 9.33. The van der Waals surface area contributed by atoms with Crippen molar-refractivity contribution in [3.63, 3.8) is 0 Å². The molecule has 2 aromatic heterocycles. The van der Waals surface area contributed by atoms with E-state index in [0.29, 0.717) is 34.4 Å². The number of benzene rings is 2. The minimum atomic E-state index is -0.252. The molecule has 1 N–H and O–H groups in total. The van der Waals surface area contributed by atoms with Gasteiger partial charge >= 0.3 is 0 Å². The van der Waals surface area contributed by atoms with Crippen LogP contribution < -0.4 is 10.1 Å². The fourth-order valence-corrected chi connectivity index (χ4v) is 3.21. The molecule has 7 heteroatoms. The van der Waals surface area contributed by atoms with Crippen molar-refractivity contribution in [3.05, 3.63) is 71.9 Å². The first kappa shape index (κ1) is 19.2. The van der Waals surface area contributed by atoms with E-state index in [1.807, 2.05) is 36.4 Å². The van der Waals surface area contributed by atoms with E-state index in [0.717, 1.165) is 16.9 Å². The van der Waals surface area contributed by atoms with Crippen LogP contribution in [0.5, 0.6) is 5.75 Å². The van der Waals surface area contributed by atoms with Crippen molar-refractivity contribution in [2.75, 3.05) is 12.4 Å². The number of hydrogen-bond donors (Lipinski definition) is 1. The van der Waals surface area contributed by atoms with Crippen LogP contribution in [0.3, 0.4) is 0 Å². The molecular weight excluding hydrogens is 378 g/mol. The van der Waals surface area contributed by atoms with Crippen molar-refractivity contribution in [2.24, 2.45) is 7.05 Å². The van der Waals surface area contributed by atoms with Gasteiger partial charge in [0.1, 0.15) is 5.75 Å². The SMILES string of the molecule is COc1ccc(-c2cc(C(=O)Nc3ccc(CC#N)cc3)c3cnn(C)c3n2)cc1. The summed E-state index contributed by atoms with van der Waals surface area (Å²) in [5.41, 5.74) is 4.20. The van der Waals surface area contributed by atoms with Crippen LogP contribution in [0.2, 0.25) is 0 Å². The van der Waals surface area contributed by atoms with E-state index < -0.39 is 0 Å². The molecule has 0 atom stereocenters. The minimum Gasteiger partial charge on any atom is -0.497 e. The number of carbonyl (C=O) groups is 1. The number of aryl methyl sites for hydroxylation is 1. The zero-order valence-corrected chi connectivity index (χ0v) is 16.6. The maximum Gasteiger partial charge on any atom is 0.256 e. The normalized spacial score (nSPS) is 10.6. The highest BCUT2D eigenvalue weighted by molar-refractivity contribution is 6.12. The third-order valence-corrected chi connectivity index (χ3v) is 4.83. The smallest absolute Gasteiger partial charge is 0.256 e. The summed E-state index contributed by atoms with van der Waals surface area (Å²) < 4.78 is 6.87. The van der Waals surface area contributed by atoms with E-state index in [9.17, 15) is 4.79 Å². The molecule has 0 bridgehead atoms. The molecule has 0 aliphatic rings. The highest BCUT2D eigenvalue weighted by Gasteiger charge is 2.17. The Morgan fingerprint density at radius 2 is 1.90 bits per heavy atom. The fourth-order valence-electron chi connectivity index (χ4n) is 3.21. The number of amides is 1. The van der Waals surface area contributed by atoms with Crippen molar-refractivity contribution in [3.8, 4) is 23.1 Å². The third kappa shape index (κ3) is 3.71. The van der Waals surface area contributed by atoms with Gasteiger partial charge in [-0.15, -0.1) is 0 Å². The Kier molecular flexibility index (Phi) is 5.14. The monoisotopic (exact) mass is 397 g/mol. The molecule has 0 fully saturated rings. The van der Waals surface area contributed by atoms with Crippen LogP contribution in [-0.2, 0) is 13.5 Å². The van der Waals surface area contributed by atoms with Gasteiger partial charge in [0.25, 0.3) is 5.91 Å². The topological polar surface area (TPSA) is 92.8 Å². The molecule has 30 heavy (non-hydrogen) atoms. The molecule has 4 aromatic rings. The number of nitrogens with one attached hydrogen (secondary N) is 1. The lowest BCUT2D eigenvalue weighted by Crippen LogP contribution is -2.13. The second-order valence-corrected chi connectivity index (χ2v) is 6.77. The van der Waals surface area contributed by atoms with Crippen LogP contribution in [0, 0.1) is 11.3 Å². The number of carbonyl (C=O) groups excluding carboxylic acids is 1. The first-order valence-electron chi connectivity index (χ1n) is 9.33. The number of rotatable bonds is 5. The number of nitrogens with zero attached hydrogens (tertiary/aromatic N) is 4. The molecule has 0 saturated heterocycles. The zero-order chi connectivity index (χ0) is 21.1. The number of ether oxygens (including phenoxy) is 1. The number of pyridine rings is 1. The van der Waals surface area contributed by atoms with Crippen LogP contribution in [0.15, 0.2) is 60.8 Å². The molecule has 7 nitrogen and oxygen atoms in total. The molecule has 0 unspecified atom stereocenters. The third-order valence-electron chi connectivity index (χ3n) is 4.83. The van der Waals surface area contributed by atoms with E-state index in [2.05, 4.69) is 16.5 Å². The molecule has 148 valence electrons. The summed E-state index contributed by atoms with van der Waals surface area (Å²) in [6, 6.07) is 18.6. The summed E-state index contributed by atoms with van der Waals surface area (Å²) in [5, 5.41) is 16.7. The second kappa shape index (κ2) is 8.05. The molecule has 4 rings (SSSR count). The fraction of sp³-hybridized carbons (Fsp3) is 0.130. The van der Waals surface area contributed by atoms with E-state index in [-0.39, 0.29) is 5.91 Å². The highest BCUT2D eigenvalue weighted by Crippen LogP contribution is 2.27. The van der Waals surface area contributed by atoms with Gasteiger partial charge in [-0.25, -0.2) is 4.98 Å². The second-order valence-electron chi connectivity index (χ2n) is 6.77. The van der Waals surface area contributed by atoms with E-state index >= 15 is 0 Å². The lowest BCUT2D eigenvalue weighted by molar-refractivity contribution is 0.102. The van der Waals surface area contributed by atoms with Crippen molar-refractivity contribution in [1.82, 2.24) is 14.8 Å². The first-order chi connectivity index (χ1) is 14.6. The van der Waals surface area contributed by atoms with Gasteiger partial charge in [-0.2, -0.15) is 10.4 Å². The summed E-state index contributed by atoms with van der Waals surface area (Å²) in [5.74, 6) is 0.497. The molecule has 0 radical (unpaired) electrons. The van der Waals surface area contributed by atoms with Gasteiger partial charge in [-0.3, -0.25) is 9.48 Å². The zero-order valence-electron chi connectivity index (χ0n) is 16.6. The standard InChI is InChI=1S/C23H19N5O2/c1-28-22-20(14-25-28)19(13-21(27-22)16-5-9-18(30-2)10-6-16)23(29)26-17-7-3-15(4-8-17)11-12-24/h3-10,13-14H,11H2,1-2H3,(H,26,29). The summed E-state index contributed by atoms with van der Waals surface area (Å²) in [7, 11) is 3.41. The van der Waals surface area contributed by atoms with Gasteiger partial charge in [-0.1, -0.05) is 12.1 Å². The molecule has 0 saturated carbocycles. The lowest BCUT2D eigenvalue weighted by atomic mass is 10.1. The molecule has 0 spiro atoms. The van der Waals surface area contributed by atoms with E-state index in [1.54, 1.807) is 43.2 Å². The van der Waals surface area contributed by atoms with Crippen LogP contribution in [0.1, 0.15) is 15.9 Å². The maximum atomic E-state index is 13.1. The molecule has 2 heterocycles. The van der Waals surface area contributed by atoms with Crippen molar-refractivity contribution in [2.45, 2.75) is 6.42 Å².